The molecule has 1 atom stereocenters. The molecule has 0 aromatic heterocycles. The van der Waals surface area contributed by atoms with Gasteiger partial charge in [0.15, 0.2) is 0 Å². The number of aromatic hydroxyl groups is 2. The van der Waals surface area contributed by atoms with E-state index in [4.69, 9.17) is 5.11 Å². The number of carbonyl (C=O) groups is 1. The molecule has 0 heterocycles. The number of phenolic OH excluding ortho intramolecular Hbond substituents is 2. The Morgan fingerprint density at radius 1 is 1.12 bits per heavy atom. The normalized spacial score (nSPS) is 13.9. The zero-order valence-electron chi connectivity index (χ0n) is 14.7. The predicted octanol–water partition coefficient (Wildman–Crippen LogP) is 1.68. The second-order valence-electron chi connectivity index (χ2n) is 6.25. The molecule has 24 heavy (non-hydrogen) atoms. The molecule has 6 nitrogen and oxygen atoms in total. The summed E-state index contributed by atoms with van der Waals surface area (Å²) in [6.45, 7) is 6.76. The Kier molecular flexibility index (Phi) is 6.81. The van der Waals surface area contributed by atoms with Crippen LogP contribution < -0.4 is 5.32 Å². The lowest BCUT2D eigenvalue weighted by Crippen LogP contribution is -2.29. The molecule has 0 fully saturated rings. The molecule has 0 aliphatic heterocycles. The molecule has 1 aromatic carbocycles. The summed E-state index contributed by atoms with van der Waals surface area (Å²) in [5, 5.41) is 41.9. The smallest absolute Gasteiger partial charge is 0.220 e. The van der Waals surface area contributed by atoms with Gasteiger partial charge in [-0.25, -0.2) is 0 Å². The maximum atomic E-state index is 11.5. The van der Waals surface area contributed by atoms with Crippen molar-refractivity contribution >= 4 is 12.0 Å². The molecule has 6 heteroatoms. The summed E-state index contributed by atoms with van der Waals surface area (Å²) in [6, 6.07) is 0. The number of hydrogen-bond donors (Lipinski definition) is 5. The van der Waals surface area contributed by atoms with Gasteiger partial charge in [0.1, 0.15) is 11.5 Å². The standard InChI is InChI=1S/C18H27NO5/c1-11-12(2)17(23)14(13(3)16(11)22)5-7-18(4,24)8-6-15(21)19-9-10-20/h5,7,20,22-24H,6,8-10H2,1-4H3,(H,19,21)/b7-5+. The molecule has 1 amide bonds. The number of hydrogen-bond acceptors (Lipinski definition) is 5. The van der Waals surface area contributed by atoms with Gasteiger partial charge < -0.3 is 25.7 Å². The van der Waals surface area contributed by atoms with E-state index in [0.717, 1.165) is 0 Å². The van der Waals surface area contributed by atoms with E-state index in [1.807, 2.05) is 0 Å². The lowest BCUT2D eigenvalue weighted by atomic mass is 9.94. The van der Waals surface area contributed by atoms with Crippen LogP contribution in [0.4, 0.5) is 0 Å². The first-order chi connectivity index (χ1) is 11.1. The van der Waals surface area contributed by atoms with E-state index in [0.29, 0.717) is 22.3 Å². The third-order valence-corrected chi connectivity index (χ3v) is 4.19. The van der Waals surface area contributed by atoms with Crippen molar-refractivity contribution in [3.8, 4) is 11.5 Å². The Morgan fingerprint density at radius 2 is 1.71 bits per heavy atom. The van der Waals surface area contributed by atoms with Crippen LogP contribution >= 0.6 is 0 Å². The Balaban J connectivity index is 2.90. The maximum Gasteiger partial charge on any atom is 0.220 e. The third kappa shape index (κ3) is 4.97. The minimum atomic E-state index is -1.25. The molecule has 1 unspecified atom stereocenters. The van der Waals surface area contributed by atoms with Crippen molar-refractivity contribution < 1.29 is 25.2 Å². The lowest BCUT2D eigenvalue weighted by molar-refractivity contribution is -0.122. The predicted molar refractivity (Wildman–Crippen MR) is 93.0 cm³/mol. The number of aliphatic hydroxyl groups excluding tert-OH is 1. The molecule has 0 saturated carbocycles. The summed E-state index contributed by atoms with van der Waals surface area (Å²) in [4.78, 5) is 11.5. The minimum absolute atomic E-state index is 0.0653. The van der Waals surface area contributed by atoms with E-state index in [1.165, 1.54) is 6.08 Å². The number of carbonyl (C=O) groups excluding carboxylic acids is 1. The van der Waals surface area contributed by atoms with Gasteiger partial charge in [0.2, 0.25) is 5.91 Å². The van der Waals surface area contributed by atoms with Crippen LogP contribution in [0, 0.1) is 20.8 Å². The molecule has 0 spiro atoms. The summed E-state index contributed by atoms with van der Waals surface area (Å²) >= 11 is 0. The van der Waals surface area contributed by atoms with Crippen LogP contribution in [0.15, 0.2) is 6.08 Å². The number of amides is 1. The van der Waals surface area contributed by atoms with Crippen LogP contribution in [0.1, 0.15) is 42.0 Å². The monoisotopic (exact) mass is 337 g/mol. The van der Waals surface area contributed by atoms with Gasteiger partial charge in [0.25, 0.3) is 0 Å². The highest BCUT2D eigenvalue weighted by atomic mass is 16.3. The van der Waals surface area contributed by atoms with Crippen LogP contribution in [-0.2, 0) is 4.79 Å². The highest BCUT2D eigenvalue weighted by Gasteiger charge is 2.20. The Labute approximate surface area is 142 Å². The molecular formula is C18H27NO5. The summed E-state index contributed by atoms with van der Waals surface area (Å²) in [5.74, 6) is -0.0657. The van der Waals surface area contributed by atoms with E-state index in [2.05, 4.69) is 5.32 Å². The van der Waals surface area contributed by atoms with Gasteiger partial charge in [-0.3, -0.25) is 4.79 Å². The van der Waals surface area contributed by atoms with Crippen molar-refractivity contribution in [3.05, 3.63) is 28.3 Å². The van der Waals surface area contributed by atoms with E-state index < -0.39 is 5.60 Å². The second-order valence-corrected chi connectivity index (χ2v) is 6.25. The van der Waals surface area contributed by atoms with Crippen LogP contribution in [0.2, 0.25) is 0 Å². The van der Waals surface area contributed by atoms with Crippen molar-refractivity contribution in [2.24, 2.45) is 0 Å². The molecule has 5 N–H and O–H groups in total. The third-order valence-electron chi connectivity index (χ3n) is 4.19. The average molecular weight is 337 g/mol. The fraction of sp³-hybridized carbons (Fsp3) is 0.500. The fourth-order valence-corrected chi connectivity index (χ4v) is 2.34. The van der Waals surface area contributed by atoms with Crippen molar-refractivity contribution in [2.45, 2.75) is 46.1 Å². The lowest BCUT2D eigenvalue weighted by Gasteiger charge is -2.19. The fourth-order valence-electron chi connectivity index (χ4n) is 2.34. The van der Waals surface area contributed by atoms with Gasteiger partial charge in [-0.15, -0.1) is 0 Å². The molecule has 0 radical (unpaired) electrons. The first-order valence-corrected chi connectivity index (χ1v) is 7.91. The molecule has 1 aromatic rings. The maximum absolute atomic E-state index is 11.5. The molecule has 0 saturated heterocycles. The molecule has 134 valence electrons. The largest absolute Gasteiger partial charge is 0.507 e. The van der Waals surface area contributed by atoms with Crippen LogP contribution in [-0.4, -0.2) is 45.1 Å². The van der Waals surface area contributed by atoms with Gasteiger partial charge in [0.05, 0.1) is 12.2 Å². The number of nitrogens with one attached hydrogen (secondary N) is 1. The topological polar surface area (TPSA) is 110 Å². The SMILES string of the molecule is Cc1c(C)c(O)c(/C=C/C(C)(O)CCC(=O)NCCO)c(C)c1O. The Morgan fingerprint density at radius 3 is 2.29 bits per heavy atom. The summed E-state index contributed by atoms with van der Waals surface area (Å²) in [5.41, 5.74) is 0.934. The first-order valence-electron chi connectivity index (χ1n) is 7.91. The zero-order valence-corrected chi connectivity index (χ0v) is 14.7. The highest BCUT2D eigenvalue weighted by molar-refractivity contribution is 5.76. The molecular weight excluding hydrogens is 310 g/mol. The van der Waals surface area contributed by atoms with Gasteiger partial charge in [-0.05, 0) is 45.2 Å². The number of aliphatic hydroxyl groups is 2. The van der Waals surface area contributed by atoms with E-state index in [9.17, 15) is 20.1 Å². The van der Waals surface area contributed by atoms with Crippen molar-refractivity contribution in [2.75, 3.05) is 13.2 Å². The molecule has 0 bridgehead atoms. The molecule has 0 aliphatic carbocycles. The van der Waals surface area contributed by atoms with Crippen molar-refractivity contribution in [1.82, 2.24) is 5.32 Å². The van der Waals surface area contributed by atoms with Gasteiger partial charge in [-0.1, -0.05) is 12.2 Å². The van der Waals surface area contributed by atoms with Gasteiger partial charge in [-0.2, -0.15) is 0 Å². The number of rotatable bonds is 7. The van der Waals surface area contributed by atoms with Crippen LogP contribution in [0.3, 0.4) is 0 Å². The Hall–Kier alpha value is -2.05. The van der Waals surface area contributed by atoms with E-state index in [1.54, 1.807) is 33.8 Å². The minimum Gasteiger partial charge on any atom is -0.507 e. The van der Waals surface area contributed by atoms with Crippen molar-refractivity contribution in [1.29, 1.82) is 0 Å². The van der Waals surface area contributed by atoms with Gasteiger partial charge >= 0.3 is 0 Å². The number of benzene rings is 1. The summed E-state index contributed by atoms with van der Waals surface area (Å²) < 4.78 is 0. The number of phenols is 2. The summed E-state index contributed by atoms with van der Waals surface area (Å²) in [6.07, 6.45) is 3.36. The quantitative estimate of drug-likeness (QED) is 0.486. The average Bonchev–Trinajstić information content (AvgIpc) is 2.54. The van der Waals surface area contributed by atoms with E-state index in [-0.39, 0.29) is 43.4 Å². The van der Waals surface area contributed by atoms with Crippen LogP contribution in [0.25, 0.3) is 6.08 Å². The first kappa shape index (κ1) is 20.0. The molecule has 1 rings (SSSR count). The highest BCUT2D eigenvalue weighted by Crippen LogP contribution is 2.37. The summed E-state index contributed by atoms with van der Waals surface area (Å²) in [7, 11) is 0. The van der Waals surface area contributed by atoms with E-state index >= 15 is 0 Å². The van der Waals surface area contributed by atoms with Crippen molar-refractivity contribution in [3.63, 3.8) is 0 Å². The van der Waals surface area contributed by atoms with Gasteiger partial charge in [0, 0.05) is 24.1 Å². The van der Waals surface area contributed by atoms with Crippen LogP contribution in [0.5, 0.6) is 11.5 Å². The zero-order chi connectivity index (χ0) is 18.5. The molecule has 0 aliphatic rings. The Bertz CT molecular complexity index is 606. The second kappa shape index (κ2) is 8.17.